The lowest BCUT2D eigenvalue weighted by Crippen LogP contribution is -2.13. The van der Waals surface area contributed by atoms with Gasteiger partial charge in [0.25, 0.3) is 0 Å². The fourth-order valence-electron chi connectivity index (χ4n) is 2.04. The molecule has 0 radical (unpaired) electrons. The molecule has 3 nitrogen and oxygen atoms in total. The van der Waals surface area contributed by atoms with Gasteiger partial charge in [0, 0.05) is 12.7 Å². The molecule has 0 spiro atoms. The second-order valence-corrected chi connectivity index (χ2v) is 5.71. The fourth-order valence-corrected chi connectivity index (χ4v) is 2.33. The molecule has 0 saturated heterocycles. The van der Waals surface area contributed by atoms with Crippen molar-refractivity contribution in [3.05, 3.63) is 46.7 Å². The Morgan fingerprint density at radius 1 is 1.30 bits per heavy atom. The van der Waals surface area contributed by atoms with E-state index in [1.165, 1.54) is 5.56 Å². The standard InChI is InChI=1S/C16H22ClN3/c1-4-8-18-11-13-5-6-16(14(17)10-13)20-9-7-15(19-20)12(2)3/h5-7,9-10,12,18H,4,8,11H2,1-3H3. The van der Waals surface area contributed by atoms with Crippen LogP contribution in [0.4, 0.5) is 0 Å². The average molecular weight is 292 g/mol. The summed E-state index contributed by atoms with van der Waals surface area (Å²) in [6.07, 6.45) is 3.10. The first-order valence-electron chi connectivity index (χ1n) is 7.17. The molecule has 0 fully saturated rings. The van der Waals surface area contributed by atoms with Crippen LogP contribution < -0.4 is 5.32 Å². The molecular weight excluding hydrogens is 270 g/mol. The summed E-state index contributed by atoms with van der Waals surface area (Å²) in [5.74, 6) is 0.424. The van der Waals surface area contributed by atoms with Crippen LogP contribution in [0.1, 0.15) is 44.4 Å². The van der Waals surface area contributed by atoms with Crippen molar-refractivity contribution in [3.8, 4) is 5.69 Å². The number of halogens is 1. The van der Waals surface area contributed by atoms with Gasteiger partial charge in [0.1, 0.15) is 0 Å². The predicted octanol–water partition coefficient (Wildman–Crippen LogP) is 4.15. The van der Waals surface area contributed by atoms with Crippen molar-refractivity contribution in [1.82, 2.24) is 15.1 Å². The van der Waals surface area contributed by atoms with Gasteiger partial charge in [0.15, 0.2) is 0 Å². The van der Waals surface area contributed by atoms with Crippen molar-refractivity contribution in [3.63, 3.8) is 0 Å². The average Bonchev–Trinajstić information content (AvgIpc) is 2.89. The molecule has 0 aliphatic carbocycles. The topological polar surface area (TPSA) is 29.9 Å². The summed E-state index contributed by atoms with van der Waals surface area (Å²) in [7, 11) is 0. The number of nitrogens with zero attached hydrogens (tertiary/aromatic N) is 2. The van der Waals surface area contributed by atoms with E-state index < -0.39 is 0 Å². The Hall–Kier alpha value is -1.32. The lowest BCUT2D eigenvalue weighted by molar-refractivity contribution is 0.675. The summed E-state index contributed by atoms with van der Waals surface area (Å²) in [4.78, 5) is 0. The van der Waals surface area contributed by atoms with E-state index in [9.17, 15) is 0 Å². The lowest BCUT2D eigenvalue weighted by Gasteiger charge is -2.08. The SMILES string of the molecule is CCCNCc1ccc(-n2ccc(C(C)C)n2)c(Cl)c1. The van der Waals surface area contributed by atoms with E-state index in [4.69, 9.17) is 11.6 Å². The van der Waals surface area contributed by atoms with E-state index >= 15 is 0 Å². The number of nitrogens with one attached hydrogen (secondary N) is 1. The molecule has 0 bridgehead atoms. The molecule has 0 unspecified atom stereocenters. The van der Waals surface area contributed by atoms with Gasteiger partial charge < -0.3 is 5.32 Å². The van der Waals surface area contributed by atoms with Crippen molar-refractivity contribution in [2.75, 3.05) is 6.54 Å². The van der Waals surface area contributed by atoms with Gasteiger partial charge in [-0.05, 0) is 42.6 Å². The quantitative estimate of drug-likeness (QED) is 0.810. The summed E-state index contributed by atoms with van der Waals surface area (Å²) in [6, 6.07) is 8.18. The largest absolute Gasteiger partial charge is 0.313 e. The monoisotopic (exact) mass is 291 g/mol. The fraction of sp³-hybridized carbons (Fsp3) is 0.438. The first kappa shape index (κ1) is 15.1. The Balaban J connectivity index is 2.16. The second-order valence-electron chi connectivity index (χ2n) is 5.30. The van der Waals surface area contributed by atoms with Crippen LogP contribution in [0.5, 0.6) is 0 Å². The molecule has 1 N–H and O–H groups in total. The molecule has 2 rings (SSSR count). The first-order chi connectivity index (χ1) is 9.61. The van der Waals surface area contributed by atoms with Crippen molar-refractivity contribution < 1.29 is 0 Å². The van der Waals surface area contributed by atoms with Crippen LogP contribution in [0, 0.1) is 0 Å². The summed E-state index contributed by atoms with van der Waals surface area (Å²) in [5, 5.41) is 8.67. The van der Waals surface area contributed by atoms with Gasteiger partial charge in [-0.2, -0.15) is 5.10 Å². The van der Waals surface area contributed by atoms with E-state index in [0.29, 0.717) is 5.92 Å². The van der Waals surface area contributed by atoms with Crippen LogP contribution >= 0.6 is 11.6 Å². The van der Waals surface area contributed by atoms with Crippen LogP contribution in [-0.2, 0) is 6.54 Å². The third kappa shape index (κ3) is 3.62. The highest BCUT2D eigenvalue weighted by Gasteiger charge is 2.08. The van der Waals surface area contributed by atoms with Crippen LogP contribution in [0.15, 0.2) is 30.5 Å². The predicted molar refractivity (Wildman–Crippen MR) is 84.7 cm³/mol. The van der Waals surface area contributed by atoms with Gasteiger partial charge in [-0.15, -0.1) is 0 Å². The van der Waals surface area contributed by atoms with Crippen molar-refractivity contribution in [2.24, 2.45) is 0 Å². The molecule has 4 heteroatoms. The smallest absolute Gasteiger partial charge is 0.0832 e. The Morgan fingerprint density at radius 2 is 2.10 bits per heavy atom. The number of benzene rings is 1. The van der Waals surface area contributed by atoms with Crippen LogP contribution in [0.3, 0.4) is 0 Å². The van der Waals surface area contributed by atoms with Gasteiger partial charge in [0.05, 0.1) is 16.4 Å². The lowest BCUT2D eigenvalue weighted by atomic mass is 10.1. The summed E-state index contributed by atoms with van der Waals surface area (Å²) >= 11 is 6.38. The maximum Gasteiger partial charge on any atom is 0.0832 e. The third-order valence-corrected chi connectivity index (χ3v) is 3.52. The summed E-state index contributed by atoms with van der Waals surface area (Å²) in [5.41, 5.74) is 3.20. The summed E-state index contributed by atoms with van der Waals surface area (Å²) in [6.45, 7) is 8.31. The van der Waals surface area contributed by atoms with Gasteiger partial charge in [0.2, 0.25) is 0 Å². The Bertz CT molecular complexity index is 561. The zero-order valence-electron chi connectivity index (χ0n) is 12.4. The van der Waals surface area contributed by atoms with Crippen molar-refractivity contribution >= 4 is 11.6 Å². The zero-order valence-corrected chi connectivity index (χ0v) is 13.1. The van der Waals surface area contributed by atoms with Crippen molar-refractivity contribution in [2.45, 2.75) is 39.7 Å². The van der Waals surface area contributed by atoms with Crippen LogP contribution in [0.25, 0.3) is 5.69 Å². The maximum absolute atomic E-state index is 6.38. The molecule has 1 aromatic heterocycles. The van der Waals surface area contributed by atoms with E-state index in [-0.39, 0.29) is 0 Å². The van der Waals surface area contributed by atoms with Gasteiger partial charge >= 0.3 is 0 Å². The van der Waals surface area contributed by atoms with E-state index in [1.54, 1.807) is 0 Å². The normalized spacial score (nSPS) is 11.2. The Morgan fingerprint density at radius 3 is 2.70 bits per heavy atom. The van der Waals surface area contributed by atoms with E-state index in [0.717, 1.165) is 35.9 Å². The minimum absolute atomic E-state index is 0.424. The maximum atomic E-state index is 6.38. The second kappa shape index (κ2) is 6.91. The number of rotatable bonds is 6. The van der Waals surface area contributed by atoms with E-state index in [1.807, 2.05) is 29.1 Å². The molecule has 2 aromatic rings. The van der Waals surface area contributed by atoms with Crippen molar-refractivity contribution in [1.29, 1.82) is 0 Å². The zero-order chi connectivity index (χ0) is 14.5. The molecule has 1 aromatic carbocycles. The highest BCUT2D eigenvalue weighted by atomic mass is 35.5. The minimum atomic E-state index is 0.424. The van der Waals surface area contributed by atoms with Crippen LogP contribution in [0.2, 0.25) is 5.02 Å². The van der Waals surface area contributed by atoms with Gasteiger partial charge in [-0.1, -0.05) is 38.4 Å². The highest BCUT2D eigenvalue weighted by Crippen LogP contribution is 2.22. The van der Waals surface area contributed by atoms with E-state index in [2.05, 4.69) is 37.3 Å². The Kier molecular flexibility index (Phi) is 5.21. The first-order valence-corrected chi connectivity index (χ1v) is 7.54. The number of aromatic nitrogens is 2. The molecule has 108 valence electrons. The third-order valence-electron chi connectivity index (χ3n) is 3.22. The highest BCUT2D eigenvalue weighted by molar-refractivity contribution is 6.32. The molecule has 20 heavy (non-hydrogen) atoms. The Labute approximate surface area is 126 Å². The molecule has 0 atom stereocenters. The molecule has 0 saturated carbocycles. The molecule has 0 amide bonds. The number of hydrogen-bond acceptors (Lipinski definition) is 2. The molecule has 0 aliphatic heterocycles. The molecule has 0 aliphatic rings. The van der Waals surface area contributed by atoms with Gasteiger partial charge in [-0.25, -0.2) is 4.68 Å². The number of hydrogen-bond donors (Lipinski definition) is 1. The molecule has 1 heterocycles. The van der Waals surface area contributed by atoms with Gasteiger partial charge in [-0.3, -0.25) is 0 Å². The minimum Gasteiger partial charge on any atom is -0.313 e. The summed E-state index contributed by atoms with van der Waals surface area (Å²) < 4.78 is 1.85. The molecular formula is C16H22ClN3. The van der Waals surface area contributed by atoms with Crippen LogP contribution in [-0.4, -0.2) is 16.3 Å².